The van der Waals surface area contributed by atoms with Gasteiger partial charge in [-0.15, -0.1) is 0 Å². The predicted octanol–water partition coefficient (Wildman–Crippen LogP) is 3.34. The summed E-state index contributed by atoms with van der Waals surface area (Å²) in [7, 11) is -3.49. The number of carbonyl (C=O) groups excluding carboxylic acids is 1. The minimum atomic E-state index is -3.49. The van der Waals surface area contributed by atoms with E-state index < -0.39 is 9.84 Å². The predicted molar refractivity (Wildman–Crippen MR) is 134 cm³/mol. The maximum Gasteiger partial charge on any atom is 0.255 e. The molecule has 0 spiro atoms. The molecule has 35 heavy (non-hydrogen) atoms. The summed E-state index contributed by atoms with van der Waals surface area (Å²) >= 11 is 0. The summed E-state index contributed by atoms with van der Waals surface area (Å²) in [4.78, 5) is 23.6. The first-order chi connectivity index (χ1) is 16.8. The molecule has 0 aliphatic carbocycles. The fourth-order valence-corrected chi connectivity index (χ4v) is 4.43. The Morgan fingerprint density at radius 3 is 2.63 bits per heavy atom. The largest absolute Gasteiger partial charge is 0.476 e. The SMILES string of the molecule is CCOc1ncc(-c2cc(C(=O)Nc3ccnc(S(C)(=O)=O)c3)ccc2C)cc1N1CCOCC1. The number of sulfone groups is 1. The number of nitrogens with zero attached hydrogens (tertiary/aromatic N) is 3. The lowest BCUT2D eigenvalue weighted by Gasteiger charge is -2.30. The number of morpholine rings is 1. The zero-order chi connectivity index (χ0) is 25.0. The van der Waals surface area contributed by atoms with Gasteiger partial charge in [0.1, 0.15) is 5.69 Å². The van der Waals surface area contributed by atoms with Crippen LogP contribution in [0.5, 0.6) is 5.88 Å². The van der Waals surface area contributed by atoms with Gasteiger partial charge >= 0.3 is 0 Å². The number of benzene rings is 1. The van der Waals surface area contributed by atoms with Crippen LogP contribution in [0.2, 0.25) is 0 Å². The third-order valence-corrected chi connectivity index (χ3v) is 6.63. The molecule has 0 saturated carbocycles. The van der Waals surface area contributed by atoms with Crippen molar-refractivity contribution in [2.75, 3.05) is 49.4 Å². The number of aryl methyl sites for hydroxylation is 1. The topological polar surface area (TPSA) is 111 Å². The number of aromatic nitrogens is 2. The molecule has 1 aliphatic heterocycles. The maximum absolute atomic E-state index is 13.0. The third kappa shape index (κ3) is 5.77. The van der Waals surface area contributed by atoms with E-state index >= 15 is 0 Å². The monoisotopic (exact) mass is 496 g/mol. The van der Waals surface area contributed by atoms with Gasteiger partial charge in [0.15, 0.2) is 14.9 Å². The molecule has 1 aromatic carbocycles. The summed E-state index contributed by atoms with van der Waals surface area (Å²) in [5, 5.41) is 2.66. The van der Waals surface area contributed by atoms with Crippen molar-refractivity contribution in [3.8, 4) is 17.0 Å². The second-order valence-electron chi connectivity index (χ2n) is 8.22. The summed E-state index contributed by atoms with van der Waals surface area (Å²) in [5.41, 5.74) is 4.41. The van der Waals surface area contributed by atoms with Crippen molar-refractivity contribution in [2.24, 2.45) is 0 Å². The lowest BCUT2D eigenvalue weighted by molar-refractivity contribution is 0.102. The number of rotatable bonds is 7. The summed E-state index contributed by atoms with van der Waals surface area (Å²) < 4.78 is 34.8. The first kappa shape index (κ1) is 24.6. The van der Waals surface area contributed by atoms with Gasteiger partial charge < -0.3 is 19.7 Å². The van der Waals surface area contributed by atoms with Gasteiger partial charge in [-0.3, -0.25) is 4.79 Å². The van der Waals surface area contributed by atoms with Gasteiger partial charge in [0.05, 0.1) is 19.8 Å². The lowest BCUT2D eigenvalue weighted by atomic mass is 9.98. The molecule has 1 aliphatic rings. The molecular formula is C25H28N4O5S. The van der Waals surface area contributed by atoms with Gasteiger partial charge in [0, 0.05) is 48.6 Å². The Bertz CT molecular complexity index is 1340. The van der Waals surface area contributed by atoms with E-state index in [1.54, 1.807) is 18.3 Å². The van der Waals surface area contributed by atoms with E-state index in [4.69, 9.17) is 9.47 Å². The molecule has 0 unspecified atom stereocenters. The van der Waals surface area contributed by atoms with Crippen molar-refractivity contribution in [3.05, 3.63) is 59.9 Å². The molecule has 1 fully saturated rings. The highest BCUT2D eigenvalue weighted by Gasteiger charge is 2.19. The lowest BCUT2D eigenvalue weighted by Crippen LogP contribution is -2.36. The van der Waals surface area contributed by atoms with E-state index in [1.807, 2.05) is 32.0 Å². The molecule has 184 valence electrons. The average Bonchev–Trinajstić information content (AvgIpc) is 2.85. The molecule has 10 heteroatoms. The summed E-state index contributed by atoms with van der Waals surface area (Å²) in [5.74, 6) is 0.216. The van der Waals surface area contributed by atoms with Crippen LogP contribution in [0.15, 0.2) is 53.8 Å². The Hall–Kier alpha value is -3.50. The highest BCUT2D eigenvalue weighted by Crippen LogP contribution is 2.33. The molecule has 2 aromatic heterocycles. The normalized spacial score (nSPS) is 14.0. The Labute approximate surface area is 205 Å². The summed E-state index contributed by atoms with van der Waals surface area (Å²) in [6, 6.07) is 10.3. The number of ether oxygens (including phenoxy) is 2. The van der Waals surface area contributed by atoms with Gasteiger partial charge in [0.2, 0.25) is 5.88 Å². The Morgan fingerprint density at radius 1 is 1.14 bits per heavy atom. The number of hydrogen-bond donors (Lipinski definition) is 1. The number of hydrogen-bond acceptors (Lipinski definition) is 8. The van der Waals surface area contributed by atoms with Crippen LogP contribution >= 0.6 is 0 Å². The Balaban J connectivity index is 1.65. The molecule has 0 atom stereocenters. The number of anilines is 2. The van der Waals surface area contributed by atoms with E-state index in [1.165, 1.54) is 12.3 Å². The van der Waals surface area contributed by atoms with Crippen LogP contribution in [-0.2, 0) is 14.6 Å². The average molecular weight is 497 g/mol. The number of nitrogens with one attached hydrogen (secondary N) is 1. The molecule has 3 heterocycles. The van der Waals surface area contributed by atoms with Crippen LogP contribution < -0.4 is 15.0 Å². The van der Waals surface area contributed by atoms with E-state index in [9.17, 15) is 13.2 Å². The molecule has 4 rings (SSSR count). The number of pyridine rings is 2. The van der Waals surface area contributed by atoms with E-state index in [0.29, 0.717) is 37.0 Å². The first-order valence-corrected chi connectivity index (χ1v) is 13.2. The van der Waals surface area contributed by atoms with Crippen molar-refractivity contribution in [1.82, 2.24) is 9.97 Å². The second kappa shape index (κ2) is 10.4. The third-order valence-electron chi connectivity index (χ3n) is 5.65. The molecule has 0 radical (unpaired) electrons. The molecule has 0 bridgehead atoms. The molecule has 1 N–H and O–H groups in total. The molecule has 1 amide bonds. The highest BCUT2D eigenvalue weighted by atomic mass is 32.2. The van der Waals surface area contributed by atoms with Crippen LogP contribution in [-0.4, -0.2) is 63.5 Å². The van der Waals surface area contributed by atoms with Gasteiger partial charge in [-0.25, -0.2) is 18.4 Å². The van der Waals surface area contributed by atoms with Crippen molar-refractivity contribution >= 4 is 27.1 Å². The van der Waals surface area contributed by atoms with Crippen LogP contribution in [0, 0.1) is 6.92 Å². The van der Waals surface area contributed by atoms with Gasteiger partial charge in [-0.05, 0) is 55.3 Å². The van der Waals surface area contributed by atoms with E-state index in [0.717, 1.165) is 41.7 Å². The van der Waals surface area contributed by atoms with Crippen LogP contribution in [0.1, 0.15) is 22.8 Å². The van der Waals surface area contributed by atoms with Crippen LogP contribution in [0.4, 0.5) is 11.4 Å². The quantitative estimate of drug-likeness (QED) is 0.530. The molecule has 3 aromatic rings. The molecular weight excluding hydrogens is 468 g/mol. The summed E-state index contributed by atoms with van der Waals surface area (Å²) in [6.07, 6.45) is 4.18. The minimum Gasteiger partial charge on any atom is -0.476 e. The van der Waals surface area contributed by atoms with Crippen molar-refractivity contribution < 1.29 is 22.7 Å². The van der Waals surface area contributed by atoms with E-state index in [-0.39, 0.29) is 10.9 Å². The van der Waals surface area contributed by atoms with Gasteiger partial charge in [-0.1, -0.05) is 6.07 Å². The van der Waals surface area contributed by atoms with Crippen molar-refractivity contribution in [1.29, 1.82) is 0 Å². The van der Waals surface area contributed by atoms with Gasteiger partial charge in [0.25, 0.3) is 5.91 Å². The second-order valence-corrected chi connectivity index (χ2v) is 10.2. The van der Waals surface area contributed by atoms with Crippen LogP contribution in [0.25, 0.3) is 11.1 Å². The molecule has 1 saturated heterocycles. The fraction of sp³-hybridized carbons (Fsp3) is 0.320. The Kier molecular flexibility index (Phi) is 7.32. The van der Waals surface area contributed by atoms with Crippen molar-refractivity contribution in [2.45, 2.75) is 18.9 Å². The fourth-order valence-electron chi connectivity index (χ4n) is 3.83. The zero-order valence-electron chi connectivity index (χ0n) is 19.9. The van der Waals surface area contributed by atoms with E-state index in [2.05, 4.69) is 20.2 Å². The number of carbonyl (C=O) groups is 1. The van der Waals surface area contributed by atoms with Crippen molar-refractivity contribution in [3.63, 3.8) is 0 Å². The zero-order valence-corrected chi connectivity index (χ0v) is 20.8. The smallest absolute Gasteiger partial charge is 0.255 e. The highest BCUT2D eigenvalue weighted by molar-refractivity contribution is 7.90. The Morgan fingerprint density at radius 2 is 1.91 bits per heavy atom. The van der Waals surface area contributed by atoms with Crippen LogP contribution in [0.3, 0.4) is 0 Å². The first-order valence-electron chi connectivity index (χ1n) is 11.3. The molecule has 9 nitrogen and oxygen atoms in total. The minimum absolute atomic E-state index is 0.101. The summed E-state index contributed by atoms with van der Waals surface area (Å²) in [6.45, 7) is 7.17. The maximum atomic E-state index is 13.0. The standard InChI is InChI=1S/C25H28N4O5S/c1-4-34-25-22(29-9-11-33-12-10-29)14-19(16-27-25)21-13-18(6-5-17(21)2)24(30)28-20-7-8-26-23(15-20)35(3,31)32/h5-8,13-16H,4,9-12H2,1-3H3,(H,26,28,30). The van der Waals surface area contributed by atoms with Gasteiger partial charge in [-0.2, -0.15) is 0 Å². The number of amides is 1.